The van der Waals surface area contributed by atoms with Crippen molar-refractivity contribution in [2.45, 2.75) is 32.7 Å². The van der Waals surface area contributed by atoms with Crippen LogP contribution in [0.1, 0.15) is 25.0 Å². The quantitative estimate of drug-likeness (QED) is 0.835. The molecule has 0 spiro atoms. The van der Waals surface area contributed by atoms with Crippen LogP contribution in [0, 0.1) is 6.92 Å². The lowest BCUT2D eigenvalue weighted by atomic mass is 9.93. The minimum atomic E-state index is -0.354. The first-order valence-electron chi connectivity index (χ1n) is 5.88. The number of ether oxygens (including phenoxy) is 1. The van der Waals surface area contributed by atoms with E-state index in [4.69, 9.17) is 16.3 Å². The van der Waals surface area contributed by atoms with Gasteiger partial charge in [0.05, 0.1) is 7.11 Å². The maximum Gasteiger partial charge on any atom is 0.235 e. The predicted molar refractivity (Wildman–Crippen MR) is 74.4 cm³/mol. The molecule has 0 aromatic heterocycles. The summed E-state index contributed by atoms with van der Waals surface area (Å²) in [6, 6.07) is 6.03. The third kappa shape index (κ3) is 4.22. The fourth-order valence-electron chi connectivity index (χ4n) is 1.98. The molecule has 1 N–H and O–H groups in total. The Hall–Kier alpha value is -1.22. The van der Waals surface area contributed by atoms with Crippen molar-refractivity contribution < 1.29 is 9.53 Å². The first kappa shape index (κ1) is 14.8. The standard InChI is InChI=1S/C14H20ClNO2/c1-10-5-6-12(18-4)11(7-10)8-14(2,3)16-13(17)9-15/h5-7H,8-9H2,1-4H3,(H,16,17). The van der Waals surface area contributed by atoms with E-state index in [1.807, 2.05) is 32.9 Å². The summed E-state index contributed by atoms with van der Waals surface area (Å²) in [6.45, 7) is 5.98. The summed E-state index contributed by atoms with van der Waals surface area (Å²) in [5, 5.41) is 2.90. The summed E-state index contributed by atoms with van der Waals surface area (Å²) in [6.07, 6.45) is 0.695. The fourth-order valence-corrected chi connectivity index (χ4v) is 2.04. The van der Waals surface area contributed by atoms with Gasteiger partial charge in [-0.25, -0.2) is 0 Å². The van der Waals surface area contributed by atoms with Gasteiger partial charge in [0.1, 0.15) is 11.6 Å². The van der Waals surface area contributed by atoms with E-state index in [-0.39, 0.29) is 17.3 Å². The number of alkyl halides is 1. The van der Waals surface area contributed by atoms with Crippen LogP contribution in [0.25, 0.3) is 0 Å². The summed E-state index contributed by atoms with van der Waals surface area (Å²) in [7, 11) is 1.65. The molecule has 100 valence electrons. The average molecular weight is 270 g/mol. The molecule has 0 atom stereocenters. The number of halogens is 1. The zero-order chi connectivity index (χ0) is 13.8. The molecule has 0 aliphatic heterocycles. The van der Waals surface area contributed by atoms with E-state index < -0.39 is 0 Å². The summed E-state index contributed by atoms with van der Waals surface area (Å²) >= 11 is 5.51. The number of carbonyl (C=O) groups excluding carboxylic acids is 1. The Morgan fingerprint density at radius 3 is 2.67 bits per heavy atom. The van der Waals surface area contributed by atoms with Crippen molar-refractivity contribution in [2.75, 3.05) is 13.0 Å². The Bertz CT molecular complexity index is 430. The molecule has 0 saturated carbocycles. The number of nitrogens with one attached hydrogen (secondary N) is 1. The van der Waals surface area contributed by atoms with Gasteiger partial charge in [-0.1, -0.05) is 17.7 Å². The van der Waals surface area contributed by atoms with Crippen LogP contribution in [0.2, 0.25) is 0 Å². The molecule has 0 heterocycles. The Morgan fingerprint density at radius 1 is 1.44 bits per heavy atom. The molecule has 0 fully saturated rings. The van der Waals surface area contributed by atoms with Gasteiger partial charge in [0.25, 0.3) is 0 Å². The van der Waals surface area contributed by atoms with Crippen molar-refractivity contribution in [3.05, 3.63) is 29.3 Å². The summed E-state index contributed by atoms with van der Waals surface area (Å²) in [5.41, 5.74) is 1.90. The number of amides is 1. The van der Waals surface area contributed by atoms with Gasteiger partial charge in [-0.2, -0.15) is 0 Å². The monoisotopic (exact) mass is 269 g/mol. The zero-order valence-corrected chi connectivity index (χ0v) is 12.1. The molecule has 1 aromatic rings. The molecule has 0 saturated heterocycles. The SMILES string of the molecule is COc1ccc(C)cc1CC(C)(C)NC(=O)CCl. The third-order valence-corrected chi connectivity index (χ3v) is 2.91. The maximum atomic E-state index is 11.4. The maximum absolute atomic E-state index is 11.4. The van der Waals surface area contributed by atoms with Gasteiger partial charge in [0, 0.05) is 5.54 Å². The van der Waals surface area contributed by atoms with Gasteiger partial charge in [-0.05, 0) is 38.8 Å². The minimum Gasteiger partial charge on any atom is -0.496 e. The Balaban J connectivity index is 2.88. The molecule has 18 heavy (non-hydrogen) atoms. The first-order chi connectivity index (χ1) is 8.38. The molecule has 0 unspecified atom stereocenters. The van der Waals surface area contributed by atoms with Crippen LogP contribution < -0.4 is 10.1 Å². The molecule has 0 radical (unpaired) electrons. The highest BCUT2D eigenvalue weighted by atomic mass is 35.5. The van der Waals surface area contributed by atoms with Crippen LogP contribution in [0.4, 0.5) is 0 Å². The van der Waals surface area contributed by atoms with Crippen molar-refractivity contribution in [3.63, 3.8) is 0 Å². The molecular formula is C14H20ClNO2. The average Bonchev–Trinajstić information content (AvgIpc) is 2.28. The Labute approximate surface area is 113 Å². The highest BCUT2D eigenvalue weighted by molar-refractivity contribution is 6.27. The summed E-state index contributed by atoms with van der Waals surface area (Å²) < 4.78 is 5.34. The second kappa shape index (κ2) is 6.10. The Morgan fingerprint density at radius 2 is 2.11 bits per heavy atom. The van der Waals surface area contributed by atoms with Gasteiger partial charge in [0.2, 0.25) is 5.91 Å². The second-order valence-corrected chi connectivity index (χ2v) is 5.33. The number of hydrogen-bond acceptors (Lipinski definition) is 2. The van der Waals surface area contributed by atoms with Crippen LogP contribution in [0.5, 0.6) is 5.75 Å². The van der Waals surface area contributed by atoms with Crippen LogP contribution in [0.3, 0.4) is 0 Å². The predicted octanol–water partition coefficient (Wildman–Crippen LogP) is 2.68. The van der Waals surface area contributed by atoms with E-state index in [2.05, 4.69) is 11.4 Å². The van der Waals surface area contributed by atoms with Crippen LogP contribution in [-0.2, 0) is 11.2 Å². The third-order valence-electron chi connectivity index (χ3n) is 2.67. The topological polar surface area (TPSA) is 38.3 Å². The summed E-state index contributed by atoms with van der Waals surface area (Å²) in [4.78, 5) is 11.4. The largest absolute Gasteiger partial charge is 0.496 e. The molecule has 3 nitrogen and oxygen atoms in total. The first-order valence-corrected chi connectivity index (χ1v) is 6.42. The lowest BCUT2D eigenvalue weighted by Crippen LogP contribution is -2.45. The lowest BCUT2D eigenvalue weighted by Gasteiger charge is -2.27. The van der Waals surface area contributed by atoms with Crippen molar-refractivity contribution in [2.24, 2.45) is 0 Å². The van der Waals surface area contributed by atoms with E-state index >= 15 is 0 Å². The molecule has 0 aliphatic carbocycles. The van der Waals surface area contributed by atoms with Gasteiger partial charge >= 0.3 is 0 Å². The van der Waals surface area contributed by atoms with Crippen molar-refractivity contribution in [1.29, 1.82) is 0 Å². The van der Waals surface area contributed by atoms with Crippen LogP contribution in [0.15, 0.2) is 18.2 Å². The molecular weight excluding hydrogens is 250 g/mol. The molecule has 1 amide bonds. The van der Waals surface area contributed by atoms with E-state index in [1.165, 1.54) is 5.56 Å². The molecule has 1 aromatic carbocycles. The van der Waals surface area contributed by atoms with Gasteiger partial charge in [-0.15, -0.1) is 11.6 Å². The smallest absolute Gasteiger partial charge is 0.235 e. The second-order valence-electron chi connectivity index (χ2n) is 5.06. The number of hydrogen-bond donors (Lipinski definition) is 1. The van der Waals surface area contributed by atoms with E-state index in [0.717, 1.165) is 11.3 Å². The Kier molecular flexibility index (Phi) is 5.03. The van der Waals surface area contributed by atoms with Gasteiger partial charge in [0.15, 0.2) is 0 Å². The molecule has 4 heteroatoms. The lowest BCUT2D eigenvalue weighted by molar-refractivity contribution is -0.120. The highest BCUT2D eigenvalue weighted by Gasteiger charge is 2.22. The van der Waals surface area contributed by atoms with E-state index in [9.17, 15) is 4.79 Å². The minimum absolute atomic E-state index is 0.0195. The number of aryl methyl sites for hydroxylation is 1. The zero-order valence-electron chi connectivity index (χ0n) is 11.3. The number of carbonyl (C=O) groups is 1. The van der Waals surface area contributed by atoms with Crippen molar-refractivity contribution >= 4 is 17.5 Å². The van der Waals surface area contributed by atoms with Gasteiger partial charge < -0.3 is 10.1 Å². The van der Waals surface area contributed by atoms with E-state index in [0.29, 0.717) is 6.42 Å². The number of methoxy groups -OCH3 is 1. The number of benzene rings is 1. The molecule has 0 aliphatic rings. The molecule has 1 rings (SSSR count). The van der Waals surface area contributed by atoms with Crippen molar-refractivity contribution in [3.8, 4) is 5.75 Å². The molecule has 0 bridgehead atoms. The van der Waals surface area contributed by atoms with Crippen LogP contribution >= 0.6 is 11.6 Å². The highest BCUT2D eigenvalue weighted by Crippen LogP contribution is 2.24. The number of rotatable bonds is 5. The van der Waals surface area contributed by atoms with Crippen LogP contribution in [-0.4, -0.2) is 24.4 Å². The normalized spacial score (nSPS) is 11.2. The fraction of sp³-hybridized carbons (Fsp3) is 0.500. The summed E-state index contributed by atoms with van der Waals surface area (Å²) in [5.74, 6) is 0.663. The van der Waals surface area contributed by atoms with Crippen molar-refractivity contribution in [1.82, 2.24) is 5.32 Å². The van der Waals surface area contributed by atoms with Gasteiger partial charge in [-0.3, -0.25) is 4.79 Å². The van der Waals surface area contributed by atoms with E-state index in [1.54, 1.807) is 7.11 Å².